The molecule has 0 radical (unpaired) electrons. The first-order chi connectivity index (χ1) is 21.2. The minimum absolute atomic E-state index is 0.0924. The van der Waals surface area contributed by atoms with Crippen LogP contribution < -0.4 is 4.90 Å². The molecule has 0 N–H and O–H groups in total. The number of terminal acetylenes is 1. The van der Waals surface area contributed by atoms with E-state index in [9.17, 15) is 0 Å². The number of aromatic nitrogens is 1. The summed E-state index contributed by atoms with van der Waals surface area (Å²) in [5.41, 5.74) is 12.5. The Morgan fingerprint density at radius 1 is 0.909 bits per heavy atom. The molecule has 0 fully saturated rings. The van der Waals surface area contributed by atoms with Crippen molar-refractivity contribution in [2.24, 2.45) is 5.92 Å². The first kappa shape index (κ1) is 29.0. The number of hydrogen-bond acceptors (Lipinski definition) is 2. The fourth-order valence-electron chi connectivity index (χ4n) is 5.98. The van der Waals surface area contributed by atoms with E-state index in [1.807, 2.05) is 6.92 Å². The van der Waals surface area contributed by atoms with Crippen LogP contribution in [0.3, 0.4) is 0 Å². The Hall–Kier alpha value is -5.13. The summed E-state index contributed by atoms with van der Waals surface area (Å²) in [4.78, 5) is 7.47. The van der Waals surface area contributed by atoms with E-state index >= 15 is 0 Å². The fraction of sp³-hybridized carbons (Fsp3) is 0.167. The Kier molecular flexibility index (Phi) is 7.81. The molecule has 4 aromatic carbocycles. The van der Waals surface area contributed by atoms with E-state index in [0.29, 0.717) is 6.04 Å². The lowest BCUT2D eigenvalue weighted by molar-refractivity contribution is 0.813. The van der Waals surface area contributed by atoms with Crippen LogP contribution in [0.15, 0.2) is 97.6 Å². The molecule has 44 heavy (non-hydrogen) atoms. The normalized spacial score (nSPS) is 15.3. The zero-order valence-electron chi connectivity index (χ0n) is 26.2. The van der Waals surface area contributed by atoms with Crippen LogP contribution in [0.1, 0.15) is 47.2 Å². The SMILES string of the molecule is C#CC(C)/C=C\c1ccc2ccc(-c3ccc4ccc(C(=C)/C=C\c5ccc6c(c5C)N(C)C(C)C=C6)cc4c3)nc2c1C. The summed E-state index contributed by atoms with van der Waals surface area (Å²) >= 11 is 0. The van der Waals surface area contributed by atoms with Crippen LogP contribution in [0.5, 0.6) is 0 Å². The van der Waals surface area contributed by atoms with Crippen molar-refractivity contribution in [1.82, 2.24) is 4.98 Å². The highest BCUT2D eigenvalue weighted by Crippen LogP contribution is 2.34. The highest BCUT2D eigenvalue weighted by molar-refractivity contribution is 5.93. The standard InChI is InChI=1S/C42H38N2/c1-8-27(2)9-12-32-15-19-35-23-24-40(43-41(35)30(32)5)38-22-18-34-17-21-37(25-39(34)26-38)28(3)10-13-33-16-20-36-14-11-29(4)44(7)42(36)31(33)6/h1,9-27,29H,3H2,2,4-7H3/b12-9-,13-10-. The highest BCUT2D eigenvalue weighted by Gasteiger charge is 2.18. The average Bonchev–Trinajstić information content (AvgIpc) is 3.04. The zero-order valence-corrected chi connectivity index (χ0v) is 26.2. The van der Waals surface area contributed by atoms with Gasteiger partial charge in [0.15, 0.2) is 0 Å². The number of benzene rings is 4. The van der Waals surface area contributed by atoms with Gasteiger partial charge in [0.05, 0.1) is 11.2 Å². The average molecular weight is 571 g/mol. The Balaban J connectivity index is 1.29. The van der Waals surface area contributed by atoms with Crippen molar-refractivity contribution < 1.29 is 0 Å². The van der Waals surface area contributed by atoms with Crippen molar-refractivity contribution in [3.63, 3.8) is 0 Å². The summed E-state index contributed by atoms with van der Waals surface area (Å²) in [6.07, 6.45) is 18.5. The van der Waals surface area contributed by atoms with Gasteiger partial charge < -0.3 is 4.90 Å². The van der Waals surface area contributed by atoms with Gasteiger partial charge in [-0.05, 0) is 95.6 Å². The molecule has 0 saturated heterocycles. The minimum Gasteiger partial charge on any atom is -0.368 e. The molecule has 1 aliphatic heterocycles. The largest absolute Gasteiger partial charge is 0.368 e. The summed E-state index contributed by atoms with van der Waals surface area (Å²) in [5.74, 6) is 2.85. The van der Waals surface area contributed by atoms with Gasteiger partial charge >= 0.3 is 0 Å². The third-order valence-electron chi connectivity index (χ3n) is 8.98. The Bertz CT molecular complexity index is 2060. The molecule has 0 saturated carbocycles. The molecular weight excluding hydrogens is 532 g/mol. The summed E-state index contributed by atoms with van der Waals surface area (Å²) < 4.78 is 0. The molecule has 2 heterocycles. The lowest BCUT2D eigenvalue weighted by Crippen LogP contribution is -2.30. The van der Waals surface area contributed by atoms with Crippen molar-refractivity contribution in [3.8, 4) is 23.6 Å². The van der Waals surface area contributed by atoms with Crippen LogP contribution >= 0.6 is 0 Å². The van der Waals surface area contributed by atoms with E-state index in [1.54, 1.807) is 0 Å². The lowest BCUT2D eigenvalue weighted by Gasteiger charge is -2.32. The van der Waals surface area contributed by atoms with E-state index < -0.39 is 0 Å². The summed E-state index contributed by atoms with van der Waals surface area (Å²) in [5, 5.41) is 3.49. The van der Waals surface area contributed by atoms with E-state index in [1.165, 1.54) is 33.2 Å². The molecular formula is C42H38N2. The number of anilines is 1. The van der Waals surface area contributed by atoms with Gasteiger partial charge in [-0.25, -0.2) is 4.98 Å². The zero-order chi connectivity index (χ0) is 31.0. The molecule has 0 bridgehead atoms. The van der Waals surface area contributed by atoms with Crippen molar-refractivity contribution in [3.05, 3.63) is 131 Å². The molecule has 0 amide bonds. The number of rotatable bonds is 6. The molecule has 0 aliphatic carbocycles. The Labute approximate surface area is 261 Å². The second-order valence-electron chi connectivity index (χ2n) is 11.9. The lowest BCUT2D eigenvalue weighted by atomic mass is 9.95. The van der Waals surface area contributed by atoms with Gasteiger partial charge in [-0.3, -0.25) is 0 Å². The number of fused-ring (bicyclic) bond motifs is 3. The van der Waals surface area contributed by atoms with Crippen LogP contribution in [0.25, 0.3) is 56.7 Å². The third kappa shape index (κ3) is 5.50. The first-order valence-corrected chi connectivity index (χ1v) is 15.2. The molecule has 2 atom stereocenters. The molecule has 2 heteroatoms. The third-order valence-corrected chi connectivity index (χ3v) is 8.98. The summed E-state index contributed by atoms with van der Waals surface area (Å²) in [7, 11) is 2.17. The molecule has 0 spiro atoms. The number of likely N-dealkylation sites (N-methyl/N-ethyl adjacent to an activating group) is 1. The summed E-state index contributed by atoms with van der Waals surface area (Å²) in [6, 6.07) is 26.5. The van der Waals surface area contributed by atoms with Gasteiger partial charge in [0.1, 0.15) is 0 Å². The molecule has 2 unspecified atom stereocenters. The van der Waals surface area contributed by atoms with Crippen LogP contribution in [0.2, 0.25) is 0 Å². The van der Waals surface area contributed by atoms with Crippen LogP contribution in [0.4, 0.5) is 5.69 Å². The van der Waals surface area contributed by atoms with E-state index in [-0.39, 0.29) is 5.92 Å². The van der Waals surface area contributed by atoms with Gasteiger partial charge in [0.2, 0.25) is 0 Å². The first-order valence-electron chi connectivity index (χ1n) is 15.2. The van der Waals surface area contributed by atoms with Gasteiger partial charge in [-0.2, -0.15) is 0 Å². The fourth-order valence-corrected chi connectivity index (χ4v) is 5.98. The van der Waals surface area contributed by atoms with Crippen LogP contribution in [-0.2, 0) is 0 Å². The van der Waals surface area contributed by atoms with Crippen molar-refractivity contribution >= 4 is 51.2 Å². The topological polar surface area (TPSA) is 16.1 Å². The summed E-state index contributed by atoms with van der Waals surface area (Å²) in [6.45, 7) is 13.0. The number of hydrogen-bond donors (Lipinski definition) is 0. The quantitative estimate of drug-likeness (QED) is 0.149. The van der Waals surface area contributed by atoms with Gasteiger partial charge in [0, 0.05) is 35.6 Å². The second-order valence-corrected chi connectivity index (χ2v) is 11.9. The maximum absolute atomic E-state index is 5.56. The number of aryl methyl sites for hydroxylation is 1. The van der Waals surface area contributed by atoms with Crippen molar-refractivity contribution in [2.75, 3.05) is 11.9 Å². The van der Waals surface area contributed by atoms with Gasteiger partial charge in [-0.1, -0.05) is 104 Å². The van der Waals surface area contributed by atoms with Crippen LogP contribution in [0, 0.1) is 32.1 Å². The predicted molar refractivity (Wildman–Crippen MR) is 193 cm³/mol. The van der Waals surface area contributed by atoms with E-state index in [2.05, 4.69) is 154 Å². The van der Waals surface area contributed by atoms with E-state index in [0.717, 1.165) is 44.4 Å². The molecule has 2 nitrogen and oxygen atoms in total. The molecule has 1 aromatic heterocycles. The monoisotopic (exact) mass is 570 g/mol. The molecule has 5 aromatic rings. The number of pyridine rings is 1. The highest BCUT2D eigenvalue weighted by atomic mass is 15.1. The predicted octanol–water partition coefficient (Wildman–Crippen LogP) is 10.5. The molecule has 6 rings (SSSR count). The number of nitrogens with zero attached hydrogens (tertiary/aromatic N) is 2. The Morgan fingerprint density at radius 3 is 2.45 bits per heavy atom. The van der Waals surface area contributed by atoms with Crippen LogP contribution in [-0.4, -0.2) is 18.1 Å². The van der Waals surface area contributed by atoms with E-state index in [4.69, 9.17) is 11.4 Å². The van der Waals surface area contributed by atoms with Crippen molar-refractivity contribution in [1.29, 1.82) is 0 Å². The number of allylic oxidation sites excluding steroid dienone is 3. The maximum Gasteiger partial charge on any atom is 0.0744 e. The molecule has 1 aliphatic rings. The van der Waals surface area contributed by atoms with Gasteiger partial charge in [-0.15, -0.1) is 6.42 Å². The maximum atomic E-state index is 5.56. The van der Waals surface area contributed by atoms with Crippen molar-refractivity contribution in [2.45, 2.75) is 33.7 Å². The molecule has 216 valence electrons. The smallest absolute Gasteiger partial charge is 0.0744 e. The second kappa shape index (κ2) is 11.9. The van der Waals surface area contributed by atoms with Gasteiger partial charge in [0.25, 0.3) is 0 Å². The Morgan fingerprint density at radius 2 is 1.64 bits per heavy atom. The minimum atomic E-state index is 0.0924.